The third kappa shape index (κ3) is 10.8. The van der Waals surface area contributed by atoms with E-state index in [9.17, 15) is 9.59 Å². The van der Waals surface area contributed by atoms with Crippen LogP contribution in [-0.2, 0) is 30.9 Å². The third-order valence-corrected chi connectivity index (χ3v) is 8.69. The molecule has 1 aliphatic rings. The monoisotopic (exact) mass is 642 g/mol. The lowest BCUT2D eigenvalue weighted by Crippen LogP contribution is -2.47. The highest BCUT2D eigenvalue weighted by Gasteiger charge is 2.29. The summed E-state index contributed by atoms with van der Waals surface area (Å²) in [6.07, 6.45) is 7.76. The number of rotatable bonds is 13. The highest BCUT2D eigenvalue weighted by molar-refractivity contribution is 5.94. The number of piperidine rings is 1. The van der Waals surface area contributed by atoms with Crippen LogP contribution < -0.4 is 5.32 Å². The number of benzene rings is 3. The van der Waals surface area contributed by atoms with E-state index in [1.54, 1.807) is 0 Å². The molecule has 3 aromatic carbocycles. The Morgan fingerprint density at radius 1 is 0.896 bits per heavy atom. The summed E-state index contributed by atoms with van der Waals surface area (Å²) < 4.78 is 5.26. The number of carbonyl (C=O) groups excluding carboxylic acids is 2. The number of nitrogens with one attached hydrogen (secondary N) is 1. The Hall–Kier alpha value is -4.93. The van der Waals surface area contributed by atoms with Crippen molar-refractivity contribution in [1.29, 1.82) is 0 Å². The summed E-state index contributed by atoms with van der Waals surface area (Å²) in [6.45, 7) is 5.74. The molecule has 0 unspecified atom stereocenters. The first-order chi connectivity index (χ1) is 23.6. The molecule has 2 amide bonds. The molecule has 0 saturated carbocycles. The standard InChI is InChI=1S/C41H46N4O3/c1-2-3-5-12-33-19-21-37(22-20-33)40(46)45(39-23-27-44(28-24-39)31-38-18-8-9-25-42-38)30-36-16-10-15-34(29-36)17-11-26-43-41(47)48-32-35-13-6-4-7-14-35/h4,6-10,13-16,18-22,25,29,39H,2-3,5,12,23-24,26-28,30-32H2,1H3,(H,43,47). The molecule has 1 aromatic heterocycles. The normalized spacial score (nSPS) is 13.3. The molecule has 1 saturated heterocycles. The van der Waals surface area contributed by atoms with Crippen molar-refractivity contribution in [3.05, 3.63) is 137 Å². The number of aromatic nitrogens is 1. The van der Waals surface area contributed by atoms with Gasteiger partial charge in [-0.3, -0.25) is 14.7 Å². The molecule has 0 bridgehead atoms. The van der Waals surface area contributed by atoms with Gasteiger partial charge in [0.15, 0.2) is 0 Å². The Morgan fingerprint density at radius 3 is 2.42 bits per heavy atom. The fourth-order valence-electron chi connectivity index (χ4n) is 6.02. The van der Waals surface area contributed by atoms with Crippen molar-refractivity contribution in [3.8, 4) is 11.8 Å². The van der Waals surface area contributed by atoms with Crippen LogP contribution in [-0.4, -0.2) is 52.5 Å². The molecule has 48 heavy (non-hydrogen) atoms. The molecule has 7 heteroatoms. The summed E-state index contributed by atoms with van der Waals surface area (Å²) >= 11 is 0. The molecule has 7 nitrogen and oxygen atoms in total. The largest absolute Gasteiger partial charge is 0.445 e. The molecule has 5 rings (SSSR count). The molecule has 0 spiro atoms. The van der Waals surface area contributed by atoms with E-state index in [2.05, 4.69) is 63.1 Å². The second-order valence-electron chi connectivity index (χ2n) is 12.3. The number of carbonyl (C=O) groups is 2. The highest BCUT2D eigenvalue weighted by atomic mass is 16.5. The molecule has 4 aromatic rings. The molecular formula is C41H46N4O3. The topological polar surface area (TPSA) is 74.8 Å². The van der Waals surface area contributed by atoms with Crippen LogP contribution in [0.3, 0.4) is 0 Å². The van der Waals surface area contributed by atoms with E-state index in [-0.39, 0.29) is 25.1 Å². The van der Waals surface area contributed by atoms with Gasteiger partial charge in [-0.25, -0.2) is 4.79 Å². The number of amides is 2. The lowest BCUT2D eigenvalue weighted by Gasteiger charge is -2.38. The minimum Gasteiger partial charge on any atom is -0.445 e. The van der Waals surface area contributed by atoms with Gasteiger partial charge >= 0.3 is 6.09 Å². The number of ether oxygens (including phenoxy) is 1. The van der Waals surface area contributed by atoms with E-state index >= 15 is 0 Å². The van der Waals surface area contributed by atoms with Crippen LogP contribution in [0.5, 0.6) is 0 Å². The van der Waals surface area contributed by atoms with Crippen LogP contribution >= 0.6 is 0 Å². The Kier molecular flexibility index (Phi) is 13.2. The first-order valence-corrected chi connectivity index (χ1v) is 17.1. The van der Waals surface area contributed by atoms with Crippen molar-refractivity contribution < 1.29 is 14.3 Å². The van der Waals surface area contributed by atoms with Gasteiger partial charge in [-0.05, 0) is 78.8 Å². The van der Waals surface area contributed by atoms with E-state index in [0.29, 0.717) is 6.54 Å². The van der Waals surface area contributed by atoms with Crippen molar-refractivity contribution in [2.45, 2.75) is 71.2 Å². The molecule has 0 atom stereocenters. The van der Waals surface area contributed by atoms with Gasteiger partial charge in [0.1, 0.15) is 6.61 Å². The van der Waals surface area contributed by atoms with Gasteiger partial charge in [-0.2, -0.15) is 0 Å². The molecule has 0 aliphatic carbocycles. The summed E-state index contributed by atoms with van der Waals surface area (Å²) in [7, 11) is 0. The van der Waals surface area contributed by atoms with Gasteiger partial charge < -0.3 is 15.0 Å². The zero-order chi connectivity index (χ0) is 33.4. The average molecular weight is 643 g/mol. The fraction of sp³-hybridized carbons (Fsp3) is 0.341. The van der Waals surface area contributed by atoms with Gasteiger partial charge in [0.25, 0.3) is 5.91 Å². The average Bonchev–Trinajstić information content (AvgIpc) is 3.13. The fourth-order valence-corrected chi connectivity index (χ4v) is 6.02. The maximum Gasteiger partial charge on any atom is 0.408 e. The molecule has 1 N–H and O–H groups in total. The van der Waals surface area contributed by atoms with Crippen LogP contribution in [0.2, 0.25) is 0 Å². The smallest absolute Gasteiger partial charge is 0.408 e. The predicted octanol–water partition coefficient (Wildman–Crippen LogP) is 7.40. The van der Waals surface area contributed by atoms with E-state index in [1.165, 1.54) is 24.8 Å². The lowest BCUT2D eigenvalue weighted by molar-refractivity contribution is 0.0541. The second kappa shape index (κ2) is 18.4. The first-order valence-electron chi connectivity index (χ1n) is 17.1. The molecule has 0 radical (unpaired) electrons. The van der Waals surface area contributed by atoms with Gasteiger partial charge in [0.2, 0.25) is 0 Å². The highest BCUT2D eigenvalue weighted by Crippen LogP contribution is 2.23. The van der Waals surface area contributed by atoms with Crippen molar-refractivity contribution in [2.24, 2.45) is 0 Å². The molecule has 1 fully saturated rings. The Labute approximate surface area is 285 Å². The molecule has 1 aliphatic heterocycles. The number of nitrogens with zero attached hydrogens (tertiary/aromatic N) is 3. The summed E-state index contributed by atoms with van der Waals surface area (Å²) in [5.74, 6) is 6.23. The van der Waals surface area contributed by atoms with Crippen LogP contribution in [0, 0.1) is 11.8 Å². The van der Waals surface area contributed by atoms with Crippen molar-refractivity contribution in [1.82, 2.24) is 20.1 Å². The Morgan fingerprint density at radius 2 is 1.67 bits per heavy atom. The van der Waals surface area contributed by atoms with Gasteiger partial charge in [-0.1, -0.05) is 92.3 Å². The number of unbranched alkanes of at least 4 members (excludes halogenated alkanes) is 2. The quantitative estimate of drug-likeness (QED) is 0.122. The third-order valence-electron chi connectivity index (χ3n) is 8.69. The van der Waals surface area contributed by atoms with E-state index in [0.717, 1.165) is 66.8 Å². The molecule has 2 heterocycles. The van der Waals surface area contributed by atoms with E-state index in [4.69, 9.17) is 4.74 Å². The Bertz CT molecular complexity index is 1640. The lowest BCUT2D eigenvalue weighted by atomic mass is 9.99. The zero-order valence-corrected chi connectivity index (χ0v) is 27.9. The summed E-state index contributed by atoms with van der Waals surface area (Å²) in [6, 6.07) is 31.9. The predicted molar refractivity (Wildman–Crippen MR) is 190 cm³/mol. The van der Waals surface area contributed by atoms with Gasteiger partial charge in [-0.15, -0.1) is 0 Å². The number of hydrogen-bond acceptors (Lipinski definition) is 5. The number of pyridine rings is 1. The summed E-state index contributed by atoms with van der Waals surface area (Å²) in [4.78, 5) is 35.2. The van der Waals surface area contributed by atoms with Crippen molar-refractivity contribution in [2.75, 3.05) is 19.6 Å². The SMILES string of the molecule is CCCCCc1ccc(C(=O)N(Cc2cccc(C#CCNC(=O)OCc3ccccc3)c2)C2CCN(Cc3ccccn3)CC2)cc1. The number of hydrogen-bond donors (Lipinski definition) is 1. The van der Waals surface area contributed by atoms with Crippen LogP contribution in [0.25, 0.3) is 0 Å². The molecule has 248 valence electrons. The van der Waals surface area contributed by atoms with Crippen LogP contribution in [0.1, 0.15) is 77.3 Å². The second-order valence-corrected chi connectivity index (χ2v) is 12.3. The van der Waals surface area contributed by atoms with Gasteiger partial charge in [0, 0.05) is 49.5 Å². The van der Waals surface area contributed by atoms with Crippen LogP contribution in [0.15, 0.2) is 103 Å². The number of aryl methyl sites for hydroxylation is 1. The van der Waals surface area contributed by atoms with Crippen molar-refractivity contribution in [3.63, 3.8) is 0 Å². The van der Waals surface area contributed by atoms with Gasteiger partial charge in [0.05, 0.1) is 12.2 Å². The summed E-state index contributed by atoms with van der Waals surface area (Å²) in [5, 5.41) is 2.69. The van der Waals surface area contributed by atoms with E-state index in [1.807, 2.05) is 79.0 Å². The Balaban J connectivity index is 1.22. The van der Waals surface area contributed by atoms with Crippen LogP contribution in [0.4, 0.5) is 4.79 Å². The molecular weight excluding hydrogens is 596 g/mol. The summed E-state index contributed by atoms with van der Waals surface area (Å²) in [5.41, 5.74) is 5.86. The maximum atomic E-state index is 14.1. The number of alkyl carbamates (subject to hydrolysis) is 1. The minimum absolute atomic E-state index is 0.0630. The minimum atomic E-state index is -0.504. The zero-order valence-electron chi connectivity index (χ0n) is 27.9. The van der Waals surface area contributed by atoms with E-state index < -0.39 is 6.09 Å². The first kappa shape index (κ1) is 34.4. The van der Waals surface area contributed by atoms with Crippen molar-refractivity contribution >= 4 is 12.0 Å². The maximum absolute atomic E-state index is 14.1. The number of likely N-dealkylation sites (tertiary alicyclic amines) is 1.